The molecule has 0 aromatic heterocycles. The molecule has 0 saturated carbocycles. The molecule has 0 amide bonds. The van der Waals surface area contributed by atoms with Crippen molar-refractivity contribution in [1.82, 2.24) is 0 Å². The number of ether oxygens (including phenoxy) is 2. The number of carbonyl (C=O) groups excluding carboxylic acids is 3. The Balaban J connectivity index is 2.26. The van der Waals surface area contributed by atoms with Crippen molar-refractivity contribution in [2.45, 2.75) is 51.7 Å². The minimum Gasteiger partial charge on any atom is -0.460 e. The highest BCUT2D eigenvalue weighted by molar-refractivity contribution is 8.04. The summed E-state index contributed by atoms with van der Waals surface area (Å²) in [5.74, 6) is -0.844. The van der Waals surface area contributed by atoms with Crippen LogP contribution in [-0.4, -0.2) is 41.7 Å². The molecule has 2 aliphatic rings. The normalized spacial score (nSPS) is 22.3. The lowest BCUT2D eigenvalue weighted by atomic mass is 9.91. The summed E-state index contributed by atoms with van der Waals surface area (Å²) in [6.45, 7) is 10.7. The number of ketones is 2. The lowest BCUT2D eigenvalue weighted by molar-refractivity contribution is -0.153. The molecule has 1 aliphatic heterocycles. The number of thioether (sulfide) groups is 1. The molecule has 28 heavy (non-hydrogen) atoms. The third-order valence-electron chi connectivity index (χ3n) is 4.89. The molecule has 6 nitrogen and oxygen atoms in total. The molecule has 152 valence electrons. The highest BCUT2D eigenvalue weighted by Crippen LogP contribution is 2.40. The zero-order valence-electron chi connectivity index (χ0n) is 16.7. The van der Waals surface area contributed by atoms with Crippen LogP contribution in [0.5, 0.6) is 0 Å². The smallest absolute Gasteiger partial charge is 0.302 e. The Morgan fingerprint density at radius 3 is 2.57 bits per heavy atom. The van der Waals surface area contributed by atoms with Gasteiger partial charge in [-0.1, -0.05) is 38.3 Å². The molecular weight excluding hydrogens is 378 g/mol. The van der Waals surface area contributed by atoms with E-state index in [1.165, 1.54) is 31.7 Å². The maximum atomic E-state index is 12.5. The molecular formula is C21H27NO5S. The van der Waals surface area contributed by atoms with E-state index in [1.54, 1.807) is 12.2 Å². The van der Waals surface area contributed by atoms with Gasteiger partial charge in [0, 0.05) is 24.5 Å². The van der Waals surface area contributed by atoms with Gasteiger partial charge < -0.3 is 15.2 Å². The molecule has 2 N–H and O–H groups in total. The van der Waals surface area contributed by atoms with Crippen LogP contribution in [0, 0.1) is 5.92 Å². The number of hydrogen-bond acceptors (Lipinski definition) is 7. The van der Waals surface area contributed by atoms with Gasteiger partial charge in [-0.3, -0.25) is 14.4 Å². The Kier molecular flexibility index (Phi) is 7.57. The number of esters is 1. The van der Waals surface area contributed by atoms with Gasteiger partial charge in [0.2, 0.25) is 0 Å². The van der Waals surface area contributed by atoms with Crippen LogP contribution >= 0.6 is 11.8 Å². The summed E-state index contributed by atoms with van der Waals surface area (Å²) < 4.78 is 11.4. The lowest BCUT2D eigenvalue weighted by Crippen LogP contribution is -2.41. The van der Waals surface area contributed by atoms with E-state index in [0.717, 1.165) is 6.42 Å². The molecule has 0 fully saturated rings. The van der Waals surface area contributed by atoms with Crippen LogP contribution in [0.25, 0.3) is 0 Å². The maximum Gasteiger partial charge on any atom is 0.302 e. The molecule has 0 aromatic rings. The molecule has 1 aliphatic carbocycles. The van der Waals surface area contributed by atoms with Gasteiger partial charge in [-0.2, -0.15) is 0 Å². The highest BCUT2D eigenvalue weighted by Gasteiger charge is 2.34. The number of nitrogens with two attached hydrogens (primary N) is 1. The van der Waals surface area contributed by atoms with E-state index >= 15 is 0 Å². The zero-order chi connectivity index (χ0) is 21.0. The van der Waals surface area contributed by atoms with Gasteiger partial charge in [0.15, 0.2) is 11.6 Å². The maximum absolute atomic E-state index is 12.5. The highest BCUT2D eigenvalue weighted by atomic mass is 32.2. The Morgan fingerprint density at radius 2 is 2.00 bits per heavy atom. The zero-order valence-corrected chi connectivity index (χ0v) is 17.5. The summed E-state index contributed by atoms with van der Waals surface area (Å²) >= 11 is 1.18. The fourth-order valence-electron chi connectivity index (χ4n) is 3.05. The Hall–Kier alpha value is -1.96. The van der Waals surface area contributed by atoms with Gasteiger partial charge in [-0.15, -0.1) is 0 Å². The second-order valence-corrected chi connectivity index (χ2v) is 8.08. The van der Waals surface area contributed by atoms with Gasteiger partial charge in [0.25, 0.3) is 0 Å². The van der Waals surface area contributed by atoms with Crippen molar-refractivity contribution in [2.75, 3.05) is 6.61 Å². The largest absolute Gasteiger partial charge is 0.460 e. The van der Waals surface area contributed by atoms with Crippen LogP contribution in [0.4, 0.5) is 0 Å². The van der Waals surface area contributed by atoms with E-state index in [2.05, 4.69) is 6.58 Å². The minimum absolute atomic E-state index is 0.0670. The number of allylic oxidation sites excluding steroid dienone is 6. The van der Waals surface area contributed by atoms with E-state index < -0.39 is 17.5 Å². The average molecular weight is 406 g/mol. The van der Waals surface area contributed by atoms with Gasteiger partial charge in [0.05, 0.1) is 11.5 Å². The van der Waals surface area contributed by atoms with E-state index in [4.69, 9.17) is 15.2 Å². The van der Waals surface area contributed by atoms with E-state index in [1.807, 2.05) is 13.8 Å². The first-order valence-corrected chi connectivity index (χ1v) is 10.1. The summed E-state index contributed by atoms with van der Waals surface area (Å²) in [6.07, 6.45) is 4.94. The van der Waals surface area contributed by atoms with Crippen LogP contribution < -0.4 is 5.73 Å². The molecule has 7 heteroatoms. The first kappa shape index (κ1) is 22.3. The van der Waals surface area contributed by atoms with Crippen molar-refractivity contribution in [3.63, 3.8) is 0 Å². The van der Waals surface area contributed by atoms with Crippen molar-refractivity contribution >= 4 is 29.3 Å². The molecule has 0 radical (unpaired) electrons. The van der Waals surface area contributed by atoms with Gasteiger partial charge >= 0.3 is 5.97 Å². The second-order valence-electron chi connectivity index (χ2n) is 6.98. The standard InChI is InChI=1S/C21H27NO5S/c1-6-16(22)12(3)18(27-14(5)24)10-26-21-20-15(9-19(28-21)13(4)23)11(2)7-8-17(20)25/h7-9,12,16,18,21H,2,6,10,22H2,1,3-5H3. The molecule has 2 rings (SSSR count). The number of rotatable bonds is 8. The fourth-order valence-corrected chi connectivity index (χ4v) is 4.14. The Morgan fingerprint density at radius 1 is 1.32 bits per heavy atom. The third-order valence-corrected chi connectivity index (χ3v) is 6.14. The monoisotopic (exact) mass is 405 g/mol. The van der Waals surface area contributed by atoms with Crippen molar-refractivity contribution in [3.8, 4) is 0 Å². The first-order chi connectivity index (χ1) is 13.1. The summed E-state index contributed by atoms with van der Waals surface area (Å²) in [7, 11) is 0. The first-order valence-electron chi connectivity index (χ1n) is 9.25. The second kappa shape index (κ2) is 9.49. The van der Waals surface area contributed by atoms with E-state index in [-0.39, 0.29) is 30.1 Å². The predicted molar refractivity (Wildman–Crippen MR) is 109 cm³/mol. The molecule has 0 saturated heterocycles. The molecule has 4 atom stereocenters. The van der Waals surface area contributed by atoms with Crippen molar-refractivity contribution in [3.05, 3.63) is 46.4 Å². The third kappa shape index (κ3) is 5.10. The SMILES string of the molecule is C=C1C=CC(=O)C2=C1C=C(C(C)=O)SC2OCC(OC(C)=O)C(C)C(N)CC. The summed E-state index contributed by atoms with van der Waals surface area (Å²) in [5.41, 5.74) is 7.16. The van der Waals surface area contributed by atoms with E-state index in [9.17, 15) is 14.4 Å². The topological polar surface area (TPSA) is 95.7 Å². The summed E-state index contributed by atoms with van der Waals surface area (Å²) in [4.78, 5) is 36.4. The van der Waals surface area contributed by atoms with Crippen molar-refractivity contribution < 1.29 is 23.9 Å². The van der Waals surface area contributed by atoms with Crippen LogP contribution in [0.1, 0.15) is 34.1 Å². The van der Waals surface area contributed by atoms with Crippen molar-refractivity contribution in [2.24, 2.45) is 11.7 Å². The summed E-state index contributed by atoms with van der Waals surface area (Å²) in [5, 5.41) is 0. The number of hydrogen-bond donors (Lipinski definition) is 1. The summed E-state index contributed by atoms with van der Waals surface area (Å²) in [6, 6.07) is -0.159. The molecule has 0 bridgehead atoms. The molecule has 0 spiro atoms. The average Bonchev–Trinajstić information content (AvgIpc) is 2.65. The Labute approximate surface area is 169 Å². The fraction of sp³-hybridized carbons (Fsp3) is 0.476. The van der Waals surface area contributed by atoms with E-state index in [0.29, 0.717) is 21.6 Å². The Bertz CT molecular complexity index is 780. The van der Waals surface area contributed by atoms with Crippen molar-refractivity contribution in [1.29, 1.82) is 0 Å². The number of Topliss-reactive ketones (excluding diaryl/α,β-unsaturated/α-hetero) is 1. The van der Waals surface area contributed by atoms with Gasteiger partial charge in [0.1, 0.15) is 11.5 Å². The minimum atomic E-state index is -0.684. The molecule has 1 heterocycles. The predicted octanol–water partition coefficient (Wildman–Crippen LogP) is 2.85. The molecule has 4 unspecified atom stereocenters. The van der Waals surface area contributed by atoms with Gasteiger partial charge in [-0.25, -0.2) is 0 Å². The lowest BCUT2D eigenvalue weighted by Gasteiger charge is -2.32. The number of carbonyl (C=O) groups is 3. The van der Waals surface area contributed by atoms with Crippen LogP contribution in [0.3, 0.4) is 0 Å². The van der Waals surface area contributed by atoms with Crippen LogP contribution in [0.2, 0.25) is 0 Å². The van der Waals surface area contributed by atoms with Crippen LogP contribution in [0.15, 0.2) is 46.4 Å². The van der Waals surface area contributed by atoms with Gasteiger partial charge in [-0.05, 0) is 36.6 Å². The quantitative estimate of drug-likeness (QED) is 0.620. The molecule has 0 aromatic carbocycles. The van der Waals surface area contributed by atoms with Crippen LogP contribution in [-0.2, 0) is 23.9 Å².